The quantitative estimate of drug-likeness (QED) is 0.785. The van der Waals surface area contributed by atoms with Gasteiger partial charge in [0.1, 0.15) is 0 Å². The van der Waals surface area contributed by atoms with Crippen LogP contribution in [0.25, 0.3) is 10.5 Å². The smallest absolute Gasteiger partial charge is 0.191 e. The van der Waals surface area contributed by atoms with Crippen LogP contribution in [0.2, 0.25) is 0 Å². The fourth-order valence-corrected chi connectivity index (χ4v) is 3.31. The van der Waals surface area contributed by atoms with Crippen molar-refractivity contribution in [1.29, 1.82) is 0 Å². The zero-order valence-electron chi connectivity index (χ0n) is 10.2. The molecule has 0 radical (unpaired) electrons. The molecule has 19 heavy (non-hydrogen) atoms. The third-order valence-electron chi connectivity index (χ3n) is 2.76. The maximum Gasteiger partial charge on any atom is 0.191 e. The van der Waals surface area contributed by atoms with Crippen LogP contribution in [-0.4, -0.2) is 15.0 Å². The maximum atomic E-state index is 4.43. The lowest BCUT2D eigenvalue weighted by Crippen LogP contribution is -2.06. The van der Waals surface area contributed by atoms with Crippen LogP contribution in [0.4, 0.5) is 5.13 Å². The summed E-state index contributed by atoms with van der Waals surface area (Å²) in [5, 5.41) is 4.22. The van der Waals surface area contributed by atoms with Crippen molar-refractivity contribution in [3.8, 4) is 0 Å². The van der Waals surface area contributed by atoms with Gasteiger partial charge in [0.25, 0.3) is 0 Å². The van der Waals surface area contributed by atoms with E-state index in [2.05, 4.69) is 49.2 Å². The van der Waals surface area contributed by atoms with Crippen molar-refractivity contribution in [1.82, 2.24) is 15.0 Å². The molecule has 0 fully saturated rings. The number of nitrogens with one attached hydrogen (secondary N) is 1. The van der Waals surface area contributed by atoms with Gasteiger partial charge in [-0.2, -0.15) is 4.98 Å². The lowest BCUT2D eigenvalue weighted by Gasteiger charge is -2.14. The molecule has 2 heterocycles. The summed E-state index contributed by atoms with van der Waals surface area (Å²) in [6.07, 6.45) is 3.34. The van der Waals surface area contributed by atoms with Crippen LogP contribution in [0.5, 0.6) is 0 Å². The molecule has 1 atom stereocenters. The summed E-state index contributed by atoms with van der Waals surface area (Å²) in [6.45, 7) is 2.10. The predicted molar refractivity (Wildman–Crippen MR) is 81.4 cm³/mol. The highest BCUT2D eigenvalue weighted by Gasteiger charge is 2.12. The Balaban J connectivity index is 1.86. The van der Waals surface area contributed by atoms with Crippen molar-refractivity contribution in [2.75, 3.05) is 5.32 Å². The fraction of sp³-hybridized carbons (Fsp3) is 0.154. The van der Waals surface area contributed by atoms with Gasteiger partial charge in [0.2, 0.25) is 0 Å². The highest BCUT2D eigenvalue weighted by atomic mass is 79.9. The molecule has 1 N–H and O–H groups in total. The van der Waals surface area contributed by atoms with Crippen molar-refractivity contribution in [2.45, 2.75) is 13.0 Å². The van der Waals surface area contributed by atoms with Crippen LogP contribution >= 0.6 is 27.3 Å². The van der Waals surface area contributed by atoms with E-state index in [9.17, 15) is 0 Å². The van der Waals surface area contributed by atoms with Crippen LogP contribution in [0.3, 0.4) is 0 Å². The van der Waals surface area contributed by atoms with Gasteiger partial charge < -0.3 is 5.32 Å². The number of anilines is 1. The molecule has 96 valence electrons. The van der Waals surface area contributed by atoms with Crippen LogP contribution in [0.15, 0.2) is 41.1 Å². The Hall–Kier alpha value is -1.53. The molecular formula is C13H11BrN4S. The Kier molecular flexibility index (Phi) is 3.44. The normalized spacial score (nSPS) is 12.5. The van der Waals surface area contributed by atoms with E-state index in [4.69, 9.17) is 0 Å². The minimum atomic E-state index is 0.163. The first-order valence-corrected chi connectivity index (χ1v) is 7.43. The molecular weight excluding hydrogens is 324 g/mol. The number of hydrogen-bond donors (Lipinski definition) is 1. The number of halogens is 1. The Labute approximate surface area is 123 Å². The highest BCUT2D eigenvalue weighted by Crippen LogP contribution is 2.29. The summed E-state index contributed by atoms with van der Waals surface area (Å²) in [4.78, 5) is 13.7. The summed E-state index contributed by atoms with van der Waals surface area (Å²) in [5.74, 6) is 0. The minimum Gasteiger partial charge on any atom is -0.355 e. The molecule has 0 aliphatic carbocycles. The SMILES string of the molecule is C[C@H](Nc1nc2nccnc2s1)c1ccccc1Br. The van der Waals surface area contributed by atoms with Gasteiger partial charge in [-0.25, -0.2) is 9.97 Å². The number of benzene rings is 1. The van der Waals surface area contributed by atoms with Crippen molar-refractivity contribution in [3.63, 3.8) is 0 Å². The molecule has 0 saturated heterocycles. The van der Waals surface area contributed by atoms with Gasteiger partial charge in [0, 0.05) is 16.9 Å². The number of aromatic nitrogens is 3. The summed E-state index contributed by atoms with van der Waals surface area (Å²) in [7, 11) is 0. The summed E-state index contributed by atoms with van der Waals surface area (Å²) in [5.41, 5.74) is 1.89. The average Bonchev–Trinajstić information content (AvgIpc) is 2.81. The van der Waals surface area contributed by atoms with Crippen molar-refractivity contribution in [2.24, 2.45) is 0 Å². The lowest BCUT2D eigenvalue weighted by molar-refractivity contribution is 0.876. The Morgan fingerprint density at radius 3 is 2.79 bits per heavy atom. The number of nitrogens with zero attached hydrogens (tertiary/aromatic N) is 3. The Bertz CT molecular complexity index is 679. The van der Waals surface area contributed by atoms with E-state index in [1.807, 2.05) is 18.2 Å². The van der Waals surface area contributed by atoms with Gasteiger partial charge in [0.15, 0.2) is 15.6 Å². The maximum absolute atomic E-state index is 4.43. The van der Waals surface area contributed by atoms with Crippen LogP contribution in [0, 0.1) is 0 Å². The molecule has 3 rings (SSSR count). The summed E-state index contributed by atoms with van der Waals surface area (Å²) >= 11 is 5.08. The second kappa shape index (κ2) is 5.22. The fourth-order valence-electron chi connectivity index (χ4n) is 1.83. The third kappa shape index (κ3) is 2.59. The first-order chi connectivity index (χ1) is 9.24. The van der Waals surface area contributed by atoms with Gasteiger partial charge in [-0.15, -0.1) is 0 Å². The third-order valence-corrected chi connectivity index (χ3v) is 4.37. The highest BCUT2D eigenvalue weighted by molar-refractivity contribution is 9.10. The molecule has 0 saturated carbocycles. The Morgan fingerprint density at radius 2 is 2.00 bits per heavy atom. The van der Waals surface area contributed by atoms with E-state index in [0.717, 1.165) is 14.4 Å². The van der Waals surface area contributed by atoms with Gasteiger partial charge in [-0.3, -0.25) is 0 Å². The van der Waals surface area contributed by atoms with E-state index in [1.54, 1.807) is 12.4 Å². The average molecular weight is 335 g/mol. The molecule has 0 bridgehead atoms. The molecule has 0 spiro atoms. The molecule has 6 heteroatoms. The second-order valence-electron chi connectivity index (χ2n) is 4.09. The van der Waals surface area contributed by atoms with E-state index in [-0.39, 0.29) is 6.04 Å². The number of rotatable bonds is 3. The number of fused-ring (bicyclic) bond motifs is 1. The summed E-state index contributed by atoms with van der Waals surface area (Å²) < 4.78 is 1.09. The van der Waals surface area contributed by atoms with E-state index in [1.165, 1.54) is 16.9 Å². The predicted octanol–water partition coefficient (Wildman–Crippen LogP) is 4.02. The first kappa shape index (κ1) is 12.5. The van der Waals surface area contributed by atoms with E-state index >= 15 is 0 Å². The van der Waals surface area contributed by atoms with Crippen LogP contribution in [-0.2, 0) is 0 Å². The molecule has 3 aromatic rings. The van der Waals surface area contributed by atoms with Gasteiger partial charge in [-0.1, -0.05) is 45.5 Å². The molecule has 0 aliphatic heterocycles. The topological polar surface area (TPSA) is 50.7 Å². The van der Waals surface area contributed by atoms with Crippen molar-refractivity contribution >= 4 is 42.9 Å². The summed E-state index contributed by atoms with van der Waals surface area (Å²) in [6, 6.07) is 8.32. The molecule has 0 unspecified atom stereocenters. The van der Waals surface area contributed by atoms with Crippen LogP contribution < -0.4 is 5.32 Å². The van der Waals surface area contributed by atoms with E-state index in [0.29, 0.717) is 5.65 Å². The van der Waals surface area contributed by atoms with E-state index < -0.39 is 0 Å². The molecule has 0 amide bonds. The zero-order valence-corrected chi connectivity index (χ0v) is 12.6. The molecule has 4 nitrogen and oxygen atoms in total. The van der Waals surface area contributed by atoms with Crippen molar-refractivity contribution in [3.05, 3.63) is 46.7 Å². The number of hydrogen-bond acceptors (Lipinski definition) is 5. The zero-order chi connectivity index (χ0) is 13.2. The number of thiazole rings is 1. The van der Waals surface area contributed by atoms with Crippen molar-refractivity contribution < 1.29 is 0 Å². The largest absolute Gasteiger partial charge is 0.355 e. The van der Waals surface area contributed by atoms with Crippen LogP contribution in [0.1, 0.15) is 18.5 Å². The molecule has 0 aliphatic rings. The van der Waals surface area contributed by atoms with Gasteiger partial charge in [-0.05, 0) is 18.6 Å². The van der Waals surface area contributed by atoms with Gasteiger partial charge >= 0.3 is 0 Å². The van der Waals surface area contributed by atoms with Gasteiger partial charge in [0.05, 0.1) is 6.04 Å². The minimum absolute atomic E-state index is 0.163. The lowest BCUT2D eigenvalue weighted by atomic mass is 10.1. The standard InChI is InChI=1S/C13H11BrN4S/c1-8(9-4-2-3-5-10(9)14)17-13-18-11-12(19-13)16-7-6-15-11/h2-8H,1H3,(H,15,17,18)/t8-/m0/s1. The monoisotopic (exact) mass is 334 g/mol. The Morgan fingerprint density at radius 1 is 1.21 bits per heavy atom. The molecule has 2 aromatic heterocycles. The second-order valence-corrected chi connectivity index (χ2v) is 5.92. The first-order valence-electron chi connectivity index (χ1n) is 5.82. The molecule has 1 aromatic carbocycles.